The molecule has 0 amide bonds. The Balaban J connectivity index is 1.38. The molecular weight excluding hydrogens is 362 g/mol. The van der Waals surface area contributed by atoms with Crippen molar-refractivity contribution < 1.29 is 9.47 Å². The van der Waals surface area contributed by atoms with Gasteiger partial charge in [0.15, 0.2) is 11.5 Å². The molecule has 0 aromatic heterocycles. The van der Waals surface area contributed by atoms with Crippen LogP contribution < -0.4 is 15.2 Å². The van der Waals surface area contributed by atoms with Crippen molar-refractivity contribution in [3.8, 4) is 11.5 Å². The van der Waals surface area contributed by atoms with Crippen molar-refractivity contribution in [2.24, 2.45) is 10.7 Å². The molecule has 0 saturated heterocycles. The van der Waals surface area contributed by atoms with Crippen LogP contribution in [0, 0.1) is 0 Å². The first-order valence-corrected chi connectivity index (χ1v) is 10.6. The second-order valence-corrected chi connectivity index (χ2v) is 8.82. The molecule has 3 heterocycles. The van der Waals surface area contributed by atoms with Crippen LogP contribution in [0.3, 0.4) is 0 Å². The van der Waals surface area contributed by atoms with Gasteiger partial charge in [-0.25, -0.2) is 4.99 Å². The second-order valence-electron chi connectivity index (χ2n) is 8.82. The number of aliphatic imine (C=N–C) groups is 1. The van der Waals surface area contributed by atoms with Crippen LogP contribution in [0.2, 0.25) is 0 Å². The highest BCUT2D eigenvalue weighted by atomic mass is 16.5. The number of rotatable bonds is 0. The average Bonchev–Trinajstić information content (AvgIpc) is 3.15. The van der Waals surface area contributed by atoms with Gasteiger partial charge in [-0.2, -0.15) is 0 Å². The molecular formula is C24H29N3O2. The van der Waals surface area contributed by atoms with Gasteiger partial charge in [0.1, 0.15) is 5.84 Å². The van der Waals surface area contributed by atoms with Crippen LogP contribution in [0.5, 0.6) is 11.5 Å². The minimum Gasteiger partial charge on any atom is -0.490 e. The maximum absolute atomic E-state index is 6.22. The summed E-state index contributed by atoms with van der Waals surface area (Å²) in [6, 6.07) is 13.4. The van der Waals surface area contributed by atoms with E-state index in [-0.39, 0.29) is 5.41 Å². The summed E-state index contributed by atoms with van der Waals surface area (Å²) in [5, 5.41) is 0. The van der Waals surface area contributed by atoms with Gasteiger partial charge in [-0.3, -0.25) is 4.90 Å². The van der Waals surface area contributed by atoms with E-state index in [0.717, 1.165) is 55.1 Å². The Labute approximate surface area is 172 Å². The lowest BCUT2D eigenvalue weighted by molar-refractivity contribution is 0.166. The monoisotopic (exact) mass is 391 g/mol. The third kappa shape index (κ3) is 3.18. The van der Waals surface area contributed by atoms with Crippen molar-refractivity contribution in [1.82, 2.24) is 4.90 Å². The predicted molar refractivity (Wildman–Crippen MR) is 115 cm³/mol. The zero-order valence-electron chi connectivity index (χ0n) is 17.3. The molecule has 5 nitrogen and oxygen atoms in total. The number of nitrogens with zero attached hydrogens (tertiary/aromatic N) is 2. The average molecular weight is 392 g/mol. The first-order valence-electron chi connectivity index (χ1n) is 10.6. The Morgan fingerprint density at radius 3 is 2.69 bits per heavy atom. The Bertz CT molecular complexity index is 967. The largest absolute Gasteiger partial charge is 0.490 e. The van der Waals surface area contributed by atoms with E-state index < -0.39 is 0 Å². The molecule has 0 saturated carbocycles. The van der Waals surface area contributed by atoms with Gasteiger partial charge >= 0.3 is 0 Å². The van der Waals surface area contributed by atoms with Crippen molar-refractivity contribution in [2.45, 2.75) is 51.1 Å². The van der Waals surface area contributed by atoms with Crippen LogP contribution in [0.4, 0.5) is 5.69 Å². The summed E-state index contributed by atoms with van der Waals surface area (Å²) < 4.78 is 12.4. The lowest BCUT2D eigenvalue weighted by Crippen LogP contribution is -2.32. The van der Waals surface area contributed by atoms with Crippen molar-refractivity contribution >= 4 is 11.5 Å². The van der Waals surface area contributed by atoms with Gasteiger partial charge in [-0.05, 0) is 55.9 Å². The van der Waals surface area contributed by atoms with Crippen molar-refractivity contribution in [2.75, 3.05) is 19.8 Å². The standard InChI is InChI=1S/C24H29N3O2/c1-24(2)18-13-21-22(14-19(18)26-23(24)25)29-12-6-10-27-15-16-7-3-4-8-17(16)20(27)9-5-11-28-21/h3-4,7-8,13-14,20H,5-6,9-12,15H2,1-2H3,(H2,25,26). The summed E-state index contributed by atoms with van der Waals surface area (Å²) in [6.07, 6.45) is 3.10. The summed E-state index contributed by atoms with van der Waals surface area (Å²) in [5.41, 5.74) is 10.9. The molecule has 29 heavy (non-hydrogen) atoms. The van der Waals surface area contributed by atoms with E-state index in [2.05, 4.69) is 54.1 Å². The zero-order valence-corrected chi connectivity index (χ0v) is 17.3. The molecule has 3 aliphatic heterocycles. The highest BCUT2D eigenvalue weighted by molar-refractivity contribution is 5.99. The smallest absolute Gasteiger partial charge is 0.163 e. The molecule has 0 radical (unpaired) electrons. The fraction of sp³-hybridized carbons (Fsp3) is 0.458. The topological polar surface area (TPSA) is 60.1 Å². The molecule has 0 spiro atoms. The Hall–Kier alpha value is -2.53. The third-order valence-corrected chi connectivity index (χ3v) is 6.57. The van der Waals surface area contributed by atoms with Crippen LogP contribution in [0.15, 0.2) is 41.4 Å². The minimum absolute atomic E-state index is 0.272. The molecule has 1 atom stereocenters. The summed E-state index contributed by atoms with van der Waals surface area (Å²) in [7, 11) is 0. The van der Waals surface area contributed by atoms with Gasteiger partial charge in [0.25, 0.3) is 0 Å². The molecule has 152 valence electrons. The number of ether oxygens (including phenoxy) is 2. The van der Waals surface area contributed by atoms with Gasteiger partial charge in [0.2, 0.25) is 0 Å². The summed E-state index contributed by atoms with van der Waals surface area (Å²) in [5.74, 6) is 2.23. The zero-order chi connectivity index (χ0) is 20.0. The van der Waals surface area contributed by atoms with Crippen molar-refractivity contribution in [3.63, 3.8) is 0 Å². The van der Waals surface area contributed by atoms with Crippen LogP contribution in [-0.2, 0) is 12.0 Å². The number of fused-ring (bicyclic) bond motifs is 5. The van der Waals surface area contributed by atoms with E-state index >= 15 is 0 Å². The maximum atomic E-state index is 6.22. The van der Waals surface area contributed by atoms with E-state index in [4.69, 9.17) is 15.2 Å². The molecule has 5 heteroatoms. The third-order valence-electron chi connectivity index (χ3n) is 6.57. The molecule has 2 aromatic rings. The lowest BCUT2D eigenvalue weighted by Gasteiger charge is -2.26. The van der Waals surface area contributed by atoms with Crippen molar-refractivity contribution in [1.29, 1.82) is 0 Å². The van der Waals surface area contributed by atoms with Gasteiger partial charge in [-0.1, -0.05) is 24.3 Å². The first-order chi connectivity index (χ1) is 14.0. The molecule has 3 aliphatic rings. The normalized spacial score (nSPS) is 23.2. The number of hydrogen-bond donors (Lipinski definition) is 1. The fourth-order valence-corrected chi connectivity index (χ4v) is 4.79. The highest BCUT2D eigenvalue weighted by Gasteiger charge is 2.35. The minimum atomic E-state index is -0.272. The molecule has 0 aliphatic carbocycles. The Morgan fingerprint density at radius 2 is 1.83 bits per heavy atom. The number of amidine groups is 1. The molecule has 1 unspecified atom stereocenters. The summed E-state index contributed by atoms with van der Waals surface area (Å²) in [4.78, 5) is 7.15. The Kier molecular flexibility index (Phi) is 4.50. The highest BCUT2D eigenvalue weighted by Crippen LogP contribution is 2.45. The van der Waals surface area contributed by atoms with Crippen LogP contribution in [-0.4, -0.2) is 30.5 Å². The maximum Gasteiger partial charge on any atom is 0.163 e. The van der Waals surface area contributed by atoms with Gasteiger partial charge in [-0.15, -0.1) is 0 Å². The summed E-state index contributed by atoms with van der Waals surface area (Å²) in [6.45, 7) is 7.63. The molecule has 2 aromatic carbocycles. The molecule has 2 N–H and O–H groups in total. The van der Waals surface area contributed by atoms with Gasteiger partial charge in [0.05, 0.1) is 18.9 Å². The van der Waals surface area contributed by atoms with Gasteiger partial charge in [0, 0.05) is 30.6 Å². The number of hydrogen-bond acceptors (Lipinski definition) is 5. The van der Waals surface area contributed by atoms with E-state index in [1.165, 1.54) is 11.1 Å². The van der Waals surface area contributed by atoms with E-state index in [0.29, 0.717) is 25.1 Å². The van der Waals surface area contributed by atoms with Gasteiger partial charge < -0.3 is 15.2 Å². The molecule has 0 bridgehead atoms. The fourth-order valence-electron chi connectivity index (χ4n) is 4.79. The predicted octanol–water partition coefficient (Wildman–Crippen LogP) is 4.46. The number of benzene rings is 2. The van der Waals surface area contributed by atoms with Crippen LogP contribution in [0.1, 0.15) is 55.8 Å². The SMILES string of the molecule is CC1(C)C(N)=Nc2cc3c(cc21)OCCCC1c2ccccc2CN1CCCO3. The first kappa shape index (κ1) is 18.5. The Morgan fingerprint density at radius 1 is 1.07 bits per heavy atom. The van der Waals surface area contributed by atoms with E-state index in [1.807, 2.05) is 6.07 Å². The second kappa shape index (κ2) is 7.06. The molecule has 0 fully saturated rings. The van der Waals surface area contributed by atoms with Crippen LogP contribution in [0.25, 0.3) is 0 Å². The van der Waals surface area contributed by atoms with Crippen molar-refractivity contribution in [3.05, 3.63) is 53.1 Å². The quantitative estimate of drug-likeness (QED) is 0.720. The van der Waals surface area contributed by atoms with E-state index in [1.54, 1.807) is 0 Å². The lowest BCUT2D eigenvalue weighted by atomic mass is 9.85. The number of nitrogens with two attached hydrogens (primary N) is 1. The van der Waals surface area contributed by atoms with E-state index in [9.17, 15) is 0 Å². The van der Waals surface area contributed by atoms with Crippen LogP contribution >= 0.6 is 0 Å². The molecule has 5 rings (SSSR count). The summed E-state index contributed by atoms with van der Waals surface area (Å²) >= 11 is 0.